The van der Waals surface area contributed by atoms with E-state index in [1.54, 1.807) is 0 Å². The average Bonchev–Trinajstić information content (AvgIpc) is 2.27. The van der Waals surface area contributed by atoms with Gasteiger partial charge in [0, 0.05) is 6.04 Å². The highest BCUT2D eigenvalue weighted by atomic mass is 15.2. The predicted octanol–water partition coefficient (Wildman–Crippen LogP) is 5.00. The van der Waals surface area contributed by atoms with E-state index in [4.69, 9.17) is 0 Å². The van der Waals surface area contributed by atoms with Crippen molar-refractivity contribution in [3.05, 3.63) is 0 Å². The summed E-state index contributed by atoms with van der Waals surface area (Å²) in [7, 11) is 0. The monoisotopic (exact) mass is 239 g/mol. The van der Waals surface area contributed by atoms with E-state index in [2.05, 4.69) is 18.7 Å². The molecule has 1 aliphatic carbocycles. The first kappa shape index (κ1) is 15.0. The third-order valence-corrected chi connectivity index (χ3v) is 4.19. The molecule has 0 aromatic carbocycles. The third kappa shape index (κ3) is 6.45. The Balaban J connectivity index is 2.09. The molecular weight excluding hydrogens is 206 g/mol. The fourth-order valence-electron chi connectivity index (χ4n) is 2.71. The Bertz CT molecular complexity index is 151. The first-order valence-electron chi connectivity index (χ1n) is 8.12. The highest BCUT2D eigenvalue weighted by molar-refractivity contribution is 4.79. The summed E-state index contributed by atoms with van der Waals surface area (Å²) in [6.45, 7) is 7.34. The molecule has 17 heavy (non-hydrogen) atoms. The second kappa shape index (κ2) is 9.94. The molecule has 0 aromatic rings. The van der Waals surface area contributed by atoms with Gasteiger partial charge in [-0.2, -0.15) is 0 Å². The van der Waals surface area contributed by atoms with Gasteiger partial charge in [-0.15, -0.1) is 0 Å². The Morgan fingerprint density at radius 3 is 1.65 bits per heavy atom. The molecule has 0 spiro atoms. The van der Waals surface area contributed by atoms with Gasteiger partial charge < -0.3 is 4.90 Å². The van der Waals surface area contributed by atoms with E-state index in [1.165, 1.54) is 83.7 Å². The summed E-state index contributed by atoms with van der Waals surface area (Å²) >= 11 is 0. The molecule has 102 valence electrons. The van der Waals surface area contributed by atoms with E-state index in [9.17, 15) is 0 Å². The van der Waals surface area contributed by atoms with Crippen LogP contribution in [0, 0.1) is 0 Å². The highest BCUT2D eigenvalue weighted by Gasteiger charge is 2.23. The zero-order valence-electron chi connectivity index (χ0n) is 12.2. The summed E-state index contributed by atoms with van der Waals surface area (Å²) < 4.78 is 0. The first-order valence-corrected chi connectivity index (χ1v) is 8.12. The number of hydrogen-bond donors (Lipinski definition) is 0. The number of hydrogen-bond acceptors (Lipinski definition) is 1. The van der Waals surface area contributed by atoms with E-state index in [0.717, 1.165) is 6.04 Å². The summed E-state index contributed by atoms with van der Waals surface area (Å²) in [5.74, 6) is 0. The van der Waals surface area contributed by atoms with Crippen molar-refractivity contribution in [2.75, 3.05) is 13.1 Å². The molecule has 0 N–H and O–H groups in total. The smallest absolute Gasteiger partial charge is 0.00952 e. The van der Waals surface area contributed by atoms with Crippen LogP contribution in [0.2, 0.25) is 0 Å². The maximum absolute atomic E-state index is 2.80. The van der Waals surface area contributed by atoms with Crippen molar-refractivity contribution in [1.29, 1.82) is 0 Å². The molecule has 0 amide bonds. The molecule has 0 bridgehead atoms. The third-order valence-electron chi connectivity index (χ3n) is 4.19. The van der Waals surface area contributed by atoms with Crippen LogP contribution in [0.25, 0.3) is 0 Å². The SMILES string of the molecule is CCCCCCN(CCCCCC)C1CCC1. The van der Waals surface area contributed by atoms with Gasteiger partial charge in [-0.25, -0.2) is 0 Å². The molecule has 0 aliphatic heterocycles. The molecule has 0 unspecified atom stereocenters. The van der Waals surface area contributed by atoms with Crippen molar-refractivity contribution in [3.8, 4) is 0 Å². The lowest BCUT2D eigenvalue weighted by Gasteiger charge is -2.37. The van der Waals surface area contributed by atoms with Crippen LogP contribution in [0.5, 0.6) is 0 Å². The summed E-state index contributed by atoms with van der Waals surface area (Å²) in [5, 5.41) is 0. The standard InChI is InChI=1S/C16H33N/c1-3-5-7-9-14-17(16-12-11-13-16)15-10-8-6-4-2/h16H,3-15H2,1-2H3. The lowest BCUT2D eigenvalue weighted by Crippen LogP contribution is -2.41. The number of unbranched alkanes of at least 4 members (excludes halogenated alkanes) is 6. The van der Waals surface area contributed by atoms with Gasteiger partial charge >= 0.3 is 0 Å². The average molecular weight is 239 g/mol. The maximum atomic E-state index is 2.80. The van der Waals surface area contributed by atoms with Gasteiger partial charge in [-0.1, -0.05) is 58.8 Å². The van der Waals surface area contributed by atoms with Crippen molar-refractivity contribution < 1.29 is 0 Å². The van der Waals surface area contributed by atoms with Gasteiger partial charge in [0.2, 0.25) is 0 Å². The molecule has 0 aromatic heterocycles. The van der Waals surface area contributed by atoms with Gasteiger partial charge in [0.25, 0.3) is 0 Å². The Kier molecular flexibility index (Phi) is 8.78. The maximum Gasteiger partial charge on any atom is 0.00952 e. The normalized spacial score (nSPS) is 16.4. The van der Waals surface area contributed by atoms with Gasteiger partial charge in [-0.05, 0) is 38.8 Å². The second-order valence-corrected chi connectivity index (χ2v) is 5.74. The molecule has 0 radical (unpaired) electrons. The summed E-state index contributed by atoms with van der Waals surface area (Å²) in [5.41, 5.74) is 0. The molecule has 1 saturated carbocycles. The Morgan fingerprint density at radius 2 is 1.29 bits per heavy atom. The van der Waals surface area contributed by atoms with Crippen LogP contribution in [0.15, 0.2) is 0 Å². The van der Waals surface area contributed by atoms with E-state index in [-0.39, 0.29) is 0 Å². The Labute approximate surface area is 109 Å². The highest BCUT2D eigenvalue weighted by Crippen LogP contribution is 2.25. The van der Waals surface area contributed by atoms with Crippen LogP contribution in [0.3, 0.4) is 0 Å². The van der Waals surface area contributed by atoms with Crippen LogP contribution < -0.4 is 0 Å². The predicted molar refractivity (Wildman–Crippen MR) is 77.5 cm³/mol. The molecule has 1 fully saturated rings. The van der Waals surface area contributed by atoms with Crippen molar-refractivity contribution in [1.82, 2.24) is 4.90 Å². The minimum absolute atomic E-state index is 0.957. The van der Waals surface area contributed by atoms with Crippen LogP contribution in [0.4, 0.5) is 0 Å². The molecule has 1 rings (SSSR count). The second-order valence-electron chi connectivity index (χ2n) is 5.74. The largest absolute Gasteiger partial charge is 0.300 e. The van der Waals surface area contributed by atoms with Crippen molar-refractivity contribution >= 4 is 0 Å². The lowest BCUT2D eigenvalue weighted by molar-refractivity contribution is 0.122. The van der Waals surface area contributed by atoms with Crippen LogP contribution in [-0.4, -0.2) is 24.0 Å². The van der Waals surface area contributed by atoms with Crippen molar-refractivity contribution in [2.45, 2.75) is 90.5 Å². The van der Waals surface area contributed by atoms with Gasteiger partial charge in [0.15, 0.2) is 0 Å². The Morgan fingerprint density at radius 1 is 0.765 bits per heavy atom. The summed E-state index contributed by atoms with van der Waals surface area (Å²) in [6, 6.07) is 0.957. The fraction of sp³-hybridized carbons (Fsp3) is 1.00. The minimum atomic E-state index is 0.957. The molecular formula is C16H33N. The van der Waals surface area contributed by atoms with E-state index < -0.39 is 0 Å². The molecule has 0 saturated heterocycles. The summed E-state index contributed by atoms with van der Waals surface area (Å²) in [4.78, 5) is 2.80. The van der Waals surface area contributed by atoms with Gasteiger partial charge in [0.05, 0.1) is 0 Å². The zero-order valence-corrected chi connectivity index (χ0v) is 12.2. The minimum Gasteiger partial charge on any atom is -0.300 e. The fourth-order valence-corrected chi connectivity index (χ4v) is 2.71. The van der Waals surface area contributed by atoms with Crippen LogP contribution >= 0.6 is 0 Å². The number of nitrogens with zero attached hydrogens (tertiary/aromatic N) is 1. The van der Waals surface area contributed by atoms with Crippen molar-refractivity contribution in [2.24, 2.45) is 0 Å². The molecule has 0 heterocycles. The topological polar surface area (TPSA) is 3.24 Å². The first-order chi connectivity index (χ1) is 8.38. The Hall–Kier alpha value is -0.0400. The van der Waals surface area contributed by atoms with E-state index in [0.29, 0.717) is 0 Å². The molecule has 1 aliphatic rings. The zero-order chi connectivity index (χ0) is 12.3. The molecule has 1 heteroatoms. The molecule has 1 nitrogen and oxygen atoms in total. The van der Waals surface area contributed by atoms with E-state index in [1.807, 2.05) is 0 Å². The quantitative estimate of drug-likeness (QED) is 0.459. The number of rotatable bonds is 11. The molecule has 0 atom stereocenters. The van der Waals surface area contributed by atoms with Gasteiger partial charge in [0.1, 0.15) is 0 Å². The van der Waals surface area contributed by atoms with Gasteiger partial charge in [-0.3, -0.25) is 0 Å². The van der Waals surface area contributed by atoms with E-state index >= 15 is 0 Å². The lowest BCUT2D eigenvalue weighted by atomic mass is 9.91. The van der Waals surface area contributed by atoms with Crippen LogP contribution in [-0.2, 0) is 0 Å². The van der Waals surface area contributed by atoms with Crippen molar-refractivity contribution in [3.63, 3.8) is 0 Å². The van der Waals surface area contributed by atoms with Crippen LogP contribution in [0.1, 0.15) is 84.5 Å². The summed E-state index contributed by atoms with van der Waals surface area (Å²) in [6.07, 6.45) is 15.7.